The molecule has 4 rings (SSSR count). The highest BCUT2D eigenvalue weighted by molar-refractivity contribution is 5.75. The lowest BCUT2D eigenvalue weighted by Gasteiger charge is -2.09. The number of hydrogen-bond donors (Lipinski definition) is 0. The van der Waals surface area contributed by atoms with Crippen LogP contribution in [-0.2, 0) is 0 Å². The predicted molar refractivity (Wildman–Crippen MR) is 100 cm³/mol. The Balaban J connectivity index is 1.85. The third kappa shape index (κ3) is 2.76. The maximum Gasteiger partial charge on any atom is 0.287 e. The van der Waals surface area contributed by atoms with Crippen LogP contribution in [0.4, 0.5) is 5.69 Å². The van der Waals surface area contributed by atoms with E-state index in [1.807, 2.05) is 12.1 Å². The highest BCUT2D eigenvalue weighted by atomic mass is 16.6. The summed E-state index contributed by atoms with van der Waals surface area (Å²) >= 11 is 0. The summed E-state index contributed by atoms with van der Waals surface area (Å²) in [4.78, 5) is 31.8. The predicted octanol–water partition coefficient (Wildman–Crippen LogP) is 2.19. The Morgan fingerprint density at radius 3 is 2.46 bits per heavy atom. The van der Waals surface area contributed by atoms with E-state index in [1.165, 1.54) is 22.9 Å². The first-order chi connectivity index (χ1) is 13.5. The molecule has 10 nitrogen and oxygen atoms in total. The third-order valence-corrected chi connectivity index (χ3v) is 4.26. The third-order valence-electron chi connectivity index (χ3n) is 4.26. The average Bonchev–Trinajstić information content (AvgIpc) is 3.12. The molecule has 0 N–H and O–H groups in total. The van der Waals surface area contributed by atoms with Crippen LogP contribution in [0.15, 0.2) is 53.6 Å². The number of nitrogens with zero attached hydrogens (tertiary/aromatic N) is 6. The normalized spacial score (nSPS) is 10.9. The van der Waals surface area contributed by atoms with E-state index in [9.17, 15) is 14.9 Å². The number of rotatable bonds is 4. The molecule has 0 fully saturated rings. The van der Waals surface area contributed by atoms with Gasteiger partial charge in [-0.05, 0) is 37.3 Å². The first-order valence-electron chi connectivity index (χ1n) is 8.22. The Labute approximate surface area is 157 Å². The monoisotopic (exact) mass is 378 g/mol. The van der Waals surface area contributed by atoms with Gasteiger partial charge in [-0.2, -0.15) is 5.10 Å². The number of aromatic nitrogens is 5. The summed E-state index contributed by atoms with van der Waals surface area (Å²) in [6, 6.07) is 9.90. The molecule has 140 valence electrons. The van der Waals surface area contributed by atoms with Crippen LogP contribution in [0, 0.1) is 17.0 Å². The quantitative estimate of drug-likeness (QED) is 0.394. The summed E-state index contributed by atoms with van der Waals surface area (Å²) < 4.78 is 8.02. The lowest BCUT2D eigenvalue weighted by Crippen LogP contribution is -2.23. The Kier molecular flexibility index (Phi) is 4.07. The highest BCUT2D eigenvalue weighted by Crippen LogP contribution is 2.19. The minimum Gasteiger partial charge on any atom is -0.497 e. The van der Waals surface area contributed by atoms with Crippen molar-refractivity contribution < 1.29 is 9.66 Å². The van der Waals surface area contributed by atoms with Crippen molar-refractivity contribution in [2.75, 3.05) is 7.11 Å². The first kappa shape index (κ1) is 17.3. The number of aryl methyl sites for hydroxylation is 1. The molecule has 28 heavy (non-hydrogen) atoms. The molecule has 3 aromatic heterocycles. The molecule has 0 saturated carbocycles. The van der Waals surface area contributed by atoms with Crippen molar-refractivity contribution >= 4 is 16.7 Å². The zero-order valence-electron chi connectivity index (χ0n) is 14.9. The van der Waals surface area contributed by atoms with Crippen LogP contribution in [0.1, 0.15) is 5.82 Å². The van der Waals surface area contributed by atoms with E-state index in [2.05, 4.69) is 15.1 Å². The molecule has 0 bridgehead atoms. The minimum atomic E-state index is -0.549. The van der Waals surface area contributed by atoms with Crippen LogP contribution in [0.5, 0.6) is 5.75 Å². The topological polar surface area (TPSA) is 118 Å². The van der Waals surface area contributed by atoms with Crippen LogP contribution in [0.3, 0.4) is 0 Å². The van der Waals surface area contributed by atoms with Crippen molar-refractivity contribution in [2.24, 2.45) is 0 Å². The molecule has 0 spiro atoms. The standard InChI is InChI=1S/C18H14N6O4/c1-11-21-17-15(10-20-23(17)12-3-6-14(28-2)7-4-12)18(25)22(11)16-8-5-13(9-19-16)24(26)27/h3-10H,1-2H3. The number of hydrogen-bond acceptors (Lipinski definition) is 7. The summed E-state index contributed by atoms with van der Waals surface area (Å²) in [5.41, 5.74) is 0.624. The molecule has 3 heterocycles. The van der Waals surface area contributed by atoms with Crippen molar-refractivity contribution in [3.05, 3.63) is 75.1 Å². The van der Waals surface area contributed by atoms with Gasteiger partial charge in [0.25, 0.3) is 11.2 Å². The fourth-order valence-electron chi connectivity index (χ4n) is 2.87. The molecule has 4 aromatic rings. The summed E-state index contributed by atoms with van der Waals surface area (Å²) in [5.74, 6) is 1.34. The molecule has 1 aromatic carbocycles. The Morgan fingerprint density at radius 2 is 1.86 bits per heavy atom. The summed E-state index contributed by atoms with van der Waals surface area (Å²) in [5, 5.41) is 15.4. The number of benzene rings is 1. The number of pyridine rings is 1. The molecule has 0 amide bonds. The fourth-order valence-corrected chi connectivity index (χ4v) is 2.87. The number of fused-ring (bicyclic) bond motifs is 1. The smallest absolute Gasteiger partial charge is 0.287 e. The van der Waals surface area contributed by atoms with E-state index in [-0.39, 0.29) is 17.1 Å². The van der Waals surface area contributed by atoms with Crippen LogP contribution >= 0.6 is 0 Å². The van der Waals surface area contributed by atoms with Gasteiger partial charge in [0.2, 0.25) is 0 Å². The minimum absolute atomic E-state index is 0.157. The average molecular weight is 378 g/mol. The largest absolute Gasteiger partial charge is 0.497 e. The molecule has 0 saturated heterocycles. The number of methoxy groups -OCH3 is 1. The van der Waals surface area contributed by atoms with Crippen LogP contribution < -0.4 is 10.3 Å². The molecule has 0 aliphatic carbocycles. The van der Waals surface area contributed by atoms with Gasteiger partial charge in [0.1, 0.15) is 29.0 Å². The maximum atomic E-state index is 13.0. The van der Waals surface area contributed by atoms with Gasteiger partial charge >= 0.3 is 0 Å². The van der Waals surface area contributed by atoms with Crippen molar-refractivity contribution in [1.82, 2.24) is 24.3 Å². The second-order valence-corrected chi connectivity index (χ2v) is 5.92. The maximum absolute atomic E-state index is 13.0. The SMILES string of the molecule is COc1ccc(-n2ncc3c(=O)n(-c4ccc([N+](=O)[O-])cn4)c(C)nc32)cc1. The first-order valence-corrected chi connectivity index (χ1v) is 8.22. The van der Waals surface area contributed by atoms with Gasteiger partial charge < -0.3 is 4.74 Å². The molecular weight excluding hydrogens is 364 g/mol. The molecule has 0 aliphatic rings. The van der Waals surface area contributed by atoms with E-state index in [0.29, 0.717) is 22.6 Å². The summed E-state index contributed by atoms with van der Waals surface area (Å²) in [7, 11) is 1.58. The molecule has 0 unspecified atom stereocenters. The van der Waals surface area contributed by atoms with Crippen molar-refractivity contribution in [2.45, 2.75) is 6.92 Å². The summed E-state index contributed by atoms with van der Waals surface area (Å²) in [6.07, 6.45) is 2.54. The Morgan fingerprint density at radius 1 is 1.11 bits per heavy atom. The van der Waals surface area contributed by atoms with E-state index in [4.69, 9.17) is 4.74 Å². The van der Waals surface area contributed by atoms with Crippen LogP contribution in [0.2, 0.25) is 0 Å². The van der Waals surface area contributed by atoms with Gasteiger partial charge in [0, 0.05) is 6.07 Å². The van der Waals surface area contributed by atoms with Crippen LogP contribution in [0.25, 0.3) is 22.5 Å². The second-order valence-electron chi connectivity index (χ2n) is 5.92. The highest BCUT2D eigenvalue weighted by Gasteiger charge is 2.16. The Hall–Kier alpha value is -4.08. The zero-order valence-corrected chi connectivity index (χ0v) is 14.9. The van der Waals surface area contributed by atoms with Gasteiger partial charge in [0.15, 0.2) is 5.65 Å². The molecule has 0 radical (unpaired) electrons. The summed E-state index contributed by atoms with van der Waals surface area (Å²) in [6.45, 7) is 1.66. The molecular formula is C18H14N6O4. The van der Waals surface area contributed by atoms with Gasteiger partial charge in [-0.3, -0.25) is 14.9 Å². The van der Waals surface area contributed by atoms with E-state index < -0.39 is 4.92 Å². The van der Waals surface area contributed by atoms with E-state index >= 15 is 0 Å². The van der Waals surface area contributed by atoms with Crippen molar-refractivity contribution in [3.8, 4) is 17.3 Å². The molecule has 10 heteroatoms. The molecule has 0 aliphatic heterocycles. The van der Waals surface area contributed by atoms with E-state index in [1.54, 1.807) is 30.8 Å². The van der Waals surface area contributed by atoms with Crippen molar-refractivity contribution in [3.63, 3.8) is 0 Å². The van der Waals surface area contributed by atoms with Gasteiger partial charge in [-0.15, -0.1) is 0 Å². The fraction of sp³-hybridized carbons (Fsp3) is 0.111. The lowest BCUT2D eigenvalue weighted by molar-refractivity contribution is -0.385. The number of ether oxygens (including phenoxy) is 1. The van der Waals surface area contributed by atoms with Gasteiger partial charge in [0.05, 0.1) is 23.9 Å². The second kappa shape index (κ2) is 6.58. The zero-order chi connectivity index (χ0) is 19.8. The Bertz CT molecular complexity index is 1240. The van der Waals surface area contributed by atoms with Crippen molar-refractivity contribution in [1.29, 1.82) is 0 Å². The lowest BCUT2D eigenvalue weighted by atomic mass is 10.3. The van der Waals surface area contributed by atoms with E-state index in [0.717, 1.165) is 11.9 Å². The van der Waals surface area contributed by atoms with Crippen LogP contribution in [-0.4, -0.2) is 36.3 Å². The number of nitro groups is 1. The molecule has 0 atom stereocenters. The van der Waals surface area contributed by atoms with Gasteiger partial charge in [-0.25, -0.2) is 19.2 Å². The van der Waals surface area contributed by atoms with Gasteiger partial charge in [-0.1, -0.05) is 0 Å².